The number of fused-ring (bicyclic) bond motifs is 1. The smallest absolute Gasteiger partial charge is 0.247 e. The molecule has 2 aromatic carbocycles. The molecule has 0 atom stereocenters. The van der Waals surface area contributed by atoms with Crippen molar-refractivity contribution in [3.05, 3.63) is 66.3 Å². The molecule has 35 heavy (non-hydrogen) atoms. The van der Waals surface area contributed by atoms with E-state index in [4.69, 9.17) is 16.6 Å². The number of amides is 1. The molecule has 5 rings (SSSR count). The van der Waals surface area contributed by atoms with Gasteiger partial charge in [-0.15, -0.1) is 0 Å². The molecule has 8 nitrogen and oxygen atoms in total. The molecule has 1 saturated heterocycles. The summed E-state index contributed by atoms with van der Waals surface area (Å²) in [5.74, 6) is 0.883. The van der Waals surface area contributed by atoms with Crippen LogP contribution in [0, 0.1) is 5.92 Å². The highest BCUT2D eigenvalue weighted by Gasteiger charge is 2.18. The number of nitrogens with one attached hydrogen (secondary N) is 3. The van der Waals surface area contributed by atoms with Crippen molar-refractivity contribution < 1.29 is 4.79 Å². The first-order chi connectivity index (χ1) is 17.0. The minimum atomic E-state index is -0.306. The van der Waals surface area contributed by atoms with E-state index in [1.54, 1.807) is 24.4 Å². The Morgan fingerprint density at radius 1 is 1.17 bits per heavy atom. The van der Waals surface area contributed by atoms with Crippen LogP contribution in [0.2, 0.25) is 5.02 Å². The third-order valence-electron chi connectivity index (χ3n) is 6.24. The molecule has 0 saturated carbocycles. The third kappa shape index (κ3) is 4.97. The molecular weight excluding hydrogens is 462 g/mol. The number of carbonyl (C=O) groups is 1. The molecule has 178 valence electrons. The van der Waals surface area contributed by atoms with Crippen molar-refractivity contribution >= 4 is 51.6 Å². The zero-order valence-corrected chi connectivity index (χ0v) is 20.1. The molecule has 1 amide bonds. The maximum absolute atomic E-state index is 11.8. The Labute approximate surface area is 208 Å². The number of aromatic nitrogens is 4. The van der Waals surface area contributed by atoms with E-state index in [2.05, 4.69) is 56.4 Å². The summed E-state index contributed by atoms with van der Waals surface area (Å²) in [6.45, 7) is 7.92. The van der Waals surface area contributed by atoms with Crippen molar-refractivity contribution in [1.29, 1.82) is 0 Å². The van der Waals surface area contributed by atoms with Crippen molar-refractivity contribution in [1.82, 2.24) is 20.2 Å². The molecule has 9 heteroatoms. The lowest BCUT2D eigenvalue weighted by Crippen LogP contribution is -2.32. The van der Waals surface area contributed by atoms with Crippen LogP contribution in [-0.4, -0.2) is 39.2 Å². The number of H-pyrrole nitrogens is 1. The van der Waals surface area contributed by atoms with Crippen LogP contribution >= 0.6 is 11.6 Å². The predicted octanol–water partition coefficient (Wildman–Crippen LogP) is 5.78. The van der Waals surface area contributed by atoms with Gasteiger partial charge < -0.3 is 15.5 Å². The Morgan fingerprint density at radius 3 is 2.80 bits per heavy atom. The highest BCUT2D eigenvalue weighted by atomic mass is 35.5. The number of aromatic amines is 1. The van der Waals surface area contributed by atoms with E-state index in [0.29, 0.717) is 33.6 Å². The molecular formula is C26H26ClN7O. The number of anilines is 4. The van der Waals surface area contributed by atoms with Crippen LogP contribution < -0.4 is 15.5 Å². The topological polar surface area (TPSA) is 98.8 Å². The molecule has 0 radical (unpaired) electrons. The van der Waals surface area contributed by atoms with Crippen LogP contribution in [0.1, 0.15) is 19.8 Å². The van der Waals surface area contributed by atoms with E-state index < -0.39 is 0 Å². The fourth-order valence-electron chi connectivity index (χ4n) is 4.25. The van der Waals surface area contributed by atoms with Crippen molar-refractivity contribution in [2.75, 3.05) is 28.6 Å². The number of hydrogen-bond acceptors (Lipinski definition) is 6. The Morgan fingerprint density at radius 2 is 2.00 bits per heavy atom. The van der Waals surface area contributed by atoms with Crippen molar-refractivity contribution in [2.24, 2.45) is 5.92 Å². The molecule has 3 heterocycles. The molecule has 2 aromatic heterocycles. The number of benzene rings is 2. The van der Waals surface area contributed by atoms with Gasteiger partial charge in [-0.3, -0.25) is 9.89 Å². The summed E-state index contributed by atoms with van der Waals surface area (Å²) in [5, 5.41) is 14.4. The van der Waals surface area contributed by atoms with Gasteiger partial charge in [0.2, 0.25) is 11.9 Å². The van der Waals surface area contributed by atoms with E-state index in [1.807, 2.05) is 12.1 Å². The minimum Gasteiger partial charge on any atom is -0.371 e. The normalized spacial score (nSPS) is 14.2. The maximum atomic E-state index is 11.8. The first-order valence-corrected chi connectivity index (χ1v) is 11.9. The molecule has 3 N–H and O–H groups in total. The lowest BCUT2D eigenvalue weighted by Gasteiger charge is -2.32. The third-order valence-corrected chi connectivity index (χ3v) is 6.56. The quantitative estimate of drug-likeness (QED) is 0.298. The lowest BCUT2D eigenvalue weighted by molar-refractivity contribution is -0.111. The highest BCUT2D eigenvalue weighted by molar-refractivity contribution is 6.33. The second kappa shape index (κ2) is 9.76. The molecule has 1 aliphatic heterocycles. The van der Waals surface area contributed by atoms with E-state index in [0.717, 1.165) is 30.1 Å². The predicted molar refractivity (Wildman–Crippen MR) is 141 cm³/mol. The first-order valence-electron chi connectivity index (χ1n) is 11.6. The van der Waals surface area contributed by atoms with Gasteiger partial charge in [-0.2, -0.15) is 10.1 Å². The van der Waals surface area contributed by atoms with Gasteiger partial charge in [0.05, 0.1) is 22.3 Å². The number of rotatable bonds is 6. The summed E-state index contributed by atoms with van der Waals surface area (Å²) < 4.78 is 0. The second-order valence-electron chi connectivity index (χ2n) is 8.76. The largest absolute Gasteiger partial charge is 0.371 e. The summed E-state index contributed by atoms with van der Waals surface area (Å²) in [6, 6.07) is 13.5. The molecule has 0 spiro atoms. The number of carbonyl (C=O) groups excluding carboxylic acids is 1. The second-order valence-corrected chi connectivity index (χ2v) is 9.17. The Bertz CT molecular complexity index is 1390. The van der Waals surface area contributed by atoms with Crippen LogP contribution in [-0.2, 0) is 4.79 Å². The van der Waals surface area contributed by atoms with E-state index >= 15 is 0 Å². The summed E-state index contributed by atoms with van der Waals surface area (Å²) in [4.78, 5) is 23.6. The number of halogens is 1. The summed E-state index contributed by atoms with van der Waals surface area (Å²) in [5.41, 5.74) is 4.49. The summed E-state index contributed by atoms with van der Waals surface area (Å²) >= 11 is 6.55. The fraction of sp³-hybridized carbons (Fsp3) is 0.231. The Kier molecular flexibility index (Phi) is 6.37. The van der Waals surface area contributed by atoms with Gasteiger partial charge in [-0.25, -0.2) is 4.98 Å². The molecule has 0 bridgehead atoms. The maximum Gasteiger partial charge on any atom is 0.247 e. The van der Waals surface area contributed by atoms with Crippen LogP contribution in [0.15, 0.2) is 61.3 Å². The van der Waals surface area contributed by atoms with Gasteiger partial charge in [-0.1, -0.05) is 31.2 Å². The zero-order chi connectivity index (χ0) is 24.4. The number of piperidine rings is 1. The average Bonchev–Trinajstić information content (AvgIpc) is 3.34. The van der Waals surface area contributed by atoms with Gasteiger partial charge >= 0.3 is 0 Å². The average molecular weight is 488 g/mol. The first kappa shape index (κ1) is 22.9. The Hall–Kier alpha value is -3.91. The van der Waals surface area contributed by atoms with Crippen molar-refractivity contribution in [2.45, 2.75) is 19.8 Å². The van der Waals surface area contributed by atoms with Crippen molar-refractivity contribution in [3.8, 4) is 11.3 Å². The Balaban J connectivity index is 1.48. The van der Waals surface area contributed by atoms with Crippen molar-refractivity contribution in [3.63, 3.8) is 0 Å². The van der Waals surface area contributed by atoms with Gasteiger partial charge in [0, 0.05) is 35.7 Å². The molecule has 0 aliphatic carbocycles. The monoisotopic (exact) mass is 487 g/mol. The number of nitrogens with zero attached hydrogens (tertiary/aromatic N) is 4. The SMILES string of the molecule is C=CC(=O)Nc1ccc(Cl)c(-c2nc(Nc3cccc(N4CCC(C)CC4)c3)nc3[nH]ncc23)c1. The molecule has 0 unspecified atom stereocenters. The molecule has 1 fully saturated rings. The van der Waals surface area contributed by atoms with E-state index in [1.165, 1.54) is 24.6 Å². The van der Waals surface area contributed by atoms with Crippen LogP contribution in [0.25, 0.3) is 22.3 Å². The van der Waals surface area contributed by atoms with E-state index in [9.17, 15) is 4.79 Å². The van der Waals surface area contributed by atoms with Gasteiger partial charge in [0.25, 0.3) is 0 Å². The van der Waals surface area contributed by atoms with Crippen LogP contribution in [0.3, 0.4) is 0 Å². The molecule has 4 aromatic rings. The van der Waals surface area contributed by atoms with Gasteiger partial charge in [0.15, 0.2) is 5.65 Å². The van der Waals surface area contributed by atoms with Crippen LogP contribution in [0.5, 0.6) is 0 Å². The minimum absolute atomic E-state index is 0.306. The number of hydrogen-bond donors (Lipinski definition) is 3. The lowest BCUT2D eigenvalue weighted by atomic mass is 9.99. The standard InChI is InChI=1S/C26H26ClN7O/c1-3-23(35)29-18-7-8-22(27)20(14-18)24-21-15-28-33-25(21)32-26(31-24)30-17-5-4-6-19(13-17)34-11-9-16(2)10-12-34/h3-8,13-16H,1,9-12H2,2H3,(H,29,35)(H2,28,30,31,32,33). The van der Waals surface area contributed by atoms with Gasteiger partial charge in [0.1, 0.15) is 0 Å². The zero-order valence-electron chi connectivity index (χ0n) is 19.4. The fourth-order valence-corrected chi connectivity index (χ4v) is 4.46. The summed E-state index contributed by atoms with van der Waals surface area (Å²) in [7, 11) is 0. The highest BCUT2D eigenvalue weighted by Crippen LogP contribution is 2.34. The van der Waals surface area contributed by atoms with E-state index in [-0.39, 0.29) is 5.91 Å². The van der Waals surface area contributed by atoms with Crippen LogP contribution in [0.4, 0.5) is 23.0 Å². The molecule has 1 aliphatic rings. The van der Waals surface area contributed by atoms with Gasteiger partial charge in [-0.05, 0) is 61.2 Å². The summed E-state index contributed by atoms with van der Waals surface area (Å²) in [6.07, 6.45) is 5.28.